The molecule has 1 aromatic rings. The minimum atomic E-state index is -0.0746. The van der Waals surface area contributed by atoms with Crippen molar-refractivity contribution in [1.29, 1.82) is 0 Å². The molecule has 6 nitrogen and oxygen atoms in total. The molecule has 6 fully saturated rings. The molecule has 30 heavy (non-hydrogen) atoms. The van der Waals surface area contributed by atoms with Gasteiger partial charge >= 0.3 is 0 Å². The van der Waals surface area contributed by atoms with Crippen LogP contribution in [0.1, 0.15) is 37.0 Å². The smallest absolute Gasteiger partial charge is 0.165 e. The van der Waals surface area contributed by atoms with E-state index in [0.29, 0.717) is 6.17 Å². The van der Waals surface area contributed by atoms with Crippen molar-refractivity contribution in [3.8, 4) is 0 Å². The average molecular weight is 433 g/mol. The lowest BCUT2D eigenvalue weighted by Gasteiger charge is -2.71. The Kier molecular flexibility index (Phi) is 5.43. The number of hydrogen-bond donors (Lipinski definition) is 1. The number of piperidine rings is 4. The van der Waals surface area contributed by atoms with Gasteiger partial charge in [-0.1, -0.05) is 12.5 Å². The van der Waals surface area contributed by atoms with E-state index in [1.165, 1.54) is 63.2 Å². The Hall–Kier alpha value is -0.540. The molecule has 166 valence electrons. The van der Waals surface area contributed by atoms with E-state index in [1.54, 1.807) is 0 Å². The largest absolute Gasteiger partial charge is 0.350 e. The molecule has 0 aliphatic carbocycles. The van der Waals surface area contributed by atoms with Crippen LogP contribution >= 0.6 is 11.3 Å². The number of nitrogens with zero attached hydrogens (tertiary/aromatic N) is 3. The van der Waals surface area contributed by atoms with Gasteiger partial charge in [0.2, 0.25) is 0 Å². The topological polar surface area (TPSA) is 40.2 Å². The summed E-state index contributed by atoms with van der Waals surface area (Å²) in [7, 11) is 0. The summed E-state index contributed by atoms with van der Waals surface area (Å²) in [6, 6.07) is 4.69. The fourth-order valence-corrected chi connectivity index (χ4v) is 8.41. The molecule has 6 saturated heterocycles. The first kappa shape index (κ1) is 20.1. The van der Waals surface area contributed by atoms with Gasteiger partial charge in [0.25, 0.3) is 0 Å². The van der Waals surface area contributed by atoms with Crippen molar-refractivity contribution in [2.75, 3.05) is 65.6 Å². The summed E-state index contributed by atoms with van der Waals surface area (Å²) in [5.74, 6) is 0. The van der Waals surface area contributed by atoms with Crippen molar-refractivity contribution in [3.05, 3.63) is 22.4 Å². The predicted octanol–water partition coefficient (Wildman–Crippen LogP) is 2.13. The van der Waals surface area contributed by atoms with Crippen molar-refractivity contribution in [2.45, 2.75) is 50.1 Å². The van der Waals surface area contributed by atoms with Crippen molar-refractivity contribution < 1.29 is 9.47 Å². The summed E-state index contributed by atoms with van der Waals surface area (Å²) >= 11 is 1.96. The summed E-state index contributed by atoms with van der Waals surface area (Å²) in [6.45, 7) is 10.7. The summed E-state index contributed by atoms with van der Waals surface area (Å²) < 4.78 is 12.8. The van der Waals surface area contributed by atoms with E-state index >= 15 is 0 Å². The first-order valence-electron chi connectivity index (χ1n) is 12.1. The van der Waals surface area contributed by atoms with E-state index in [-0.39, 0.29) is 17.2 Å². The van der Waals surface area contributed by atoms with E-state index in [2.05, 4.69) is 37.5 Å². The summed E-state index contributed by atoms with van der Waals surface area (Å²) in [5, 5.41) is 5.87. The Morgan fingerprint density at radius 3 is 2.27 bits per heavy atom. The molecule has 6 aliphatic rings. The maximum absolute atomic E-state index is 6.40. The van der Waals surface area contributed by atoms with Gasteiger partial charge in [-0.05, 0) is 50.2 Å². The molecule has 0 spiro atoms. The van der Waals surface area contributed by atoms with Crippen LogP contribution in [0.2, 0.25) is 0 Å². The minimum Gasteiger partial charge on any atom is -0.350 e. The molecule has 6 aliphatic heterocycles. The molecular weight excluding hydrogens is 396 g/mol. The highest BCUT2D eigenvalue weighted by Gasteiger charge is 2.71. The number of hydrogen-bond acceptors (Lipinski definition) is 7. The quantitative estimate of drug-likeness (QED) is 0.786. The highest BCUT2D eigenvalue weighted by atomic mass is 32.1. The second-order valence-corrected chi connectivity index (χ2v) is 10.7. The maximum atomic E-state index is 6.40. The third kappa shape index (κ3) is 2.83. The van der Waals surface area contributed by atoms with Gasteiger partial charge in [0, 0.05) is 44.1 Å². The minimum absolute atomic E-state index is 0.0238. The highest BCUT2D eigenvalue weighted by Crippen LogP contribution is 2.63. The van der Waals surface area contributed by atoms with E-state index in [9.17, 15) is 0 Å². The molecule has 0 amide bonds. The highest BCUT2D eigenvalue weighted by molar-refractivity contribution is 7.10. The van der Waals surface area contributed by atoms with Gasteiger partial charge in [-0.25, -0.2) is 0 Å². The van der Waals surface area contributed by atoms with Gasteiger partial charge in [-0.15, -0.1) is 11.3 Å². The lowest BCUT2D eigenvalue weighted by molar-refractivity contribution is -0.291. The van der Waals surface area contributed by atoms with Crippen molar-refractivity contribution in [2.24, 2.45) is 5.41 Å². The second-order valence-electron chi connectivity index (χ2n) is 9.72. The van der Waals surface area contributed by atoms with Crippen LogP contribution in [0.5, 0.6) is 0 Å². The van der Waals surface area contributed by atoms with Gasteiger partial charge in [-0.3, -0.25) is 14.7 Å². The first-order chi connectivity index (χ1) is 14.9. The Morgan fingerprint density at radius 2 is 1.60 bits per heavy atom. The summed E-state index contributed by atoms with van der Waals surface area (Å²) in [5.41, 5.74) is -0.0274. The zero-order valence-corrected chi connectivity index (χ0v) is 18.9. The predicted molar refractivity (Wildman–Crippen MR) is 119 cm³/mol. The molecule has 2 bridgehead atoms. The van der Waals surface area contributed by atoms with E-state index in [0.717, 1.165) is 39.4 Å². The fourth-order valence-electron chi connectivity index (χ4n) is 7.33. The van der Waals surface area contributed by atoms with Crippen molar-refractivity contribution >= 4 is 11.3 Å². The van der Waals surface area contributed by atoms with Gasteiger partial charge in [0.05, 0.1) is 30.3 Å². The average Bonchev–Trinajstić information content (AvgIpc) is 3.55. The Balaban J connectivity index is 1.55. The molecule has 7 heteroatoms. The maximum Gasteiger partial charge on any atom is 0.165 e. The van der Waals surface area contributed by atoms with Crippen LogP contribution in [0.15, 0.2) is 17.5 Å². The van der Waals surface area contributed by atoms with Crippen LogP contribution in [0.4, 0.5) is 0 Å². The standard InChI is InChI=1S/C23H36N4O2S/c1-2-10-27(11-3-1)23(19-5-4-18-30-19)20(26-14-8-24-9-15-26)25-12-6-22(23,7-13-25)21-28-16-17-29-21/h4-5,18,20-21,24H,1-3,6-17H2. The Morgan fingerprint density at radius 1 is 0.900 bits per heavy atom. The van der Waals surface area contributed by atoms with Gasteiger partial charge in [-0.2, -0.15) is 0 Å². The van der Waals surface area contributed by atoms with Crippen molar-refractivity contribution in [1.82, 2.24) is 20.0 Å². The number of fused-ring (bicyclic) bond motifs is 3. The number of piperazine rings is 1. The van der Waals surface area contributed by atoms with Crippen LogP contribution in [-0.4, -0.2) is 92.7 Å². The monoisotopic (exact) mass is 432 g/mol. The van der Waals surface area contributed by atoms with E-state index < -0.39 is 0 Å². The molecule has 7 rings (SSSR count). The first-order valence-corrected chi connectivity index (χ1v) is 13.0. The van der Waals surface area contributed by atoms with Gasteiger partial charge < -0.3 is 14.8 Å². The van der Waals surface area contributed by atoms with E-state index in [1.807, 2.05) is 11.3 Å². The normalized spacial score (nSPS) is 41.5. The number of nitrogens with one attached hydrogen (secondary N) is 1. The van der Waals surface area contributed by atoms with Crippen LogP contribution < -0.4 is 5.32 Å². The summed E-state index contributed by atoms with van der Waals surface area (Å²) in [4.78, 5) is 10.0. The summed E-state index contributed by atoms with van der Waals surface area (Å²) in [6.07, 6.45) is 6.67. The van der Waals surface area contributed by atoms with Crippen LogP contribution in [0, 0.1) is 5.41 Å². The Bertz CT molecular complexity index is 705. The van der Waals surface area contributed by atoms with E-state index in [4.69, 9.17) is 9.47 Å². The van der Waals surface area contributed by atoms with Crippen molar-refractivity contribution in [3.63, 3.8) is 0 Å². The molecule has 1 aromatic heterocycles. The number of ether oxygens (including phenoxy) is 2. The third-order valence-electron chi connectivity index (χ3n) is 8.49. The molecule has 2 atom stereocenters. The lowest BCUT2D eigenvalue weighted by Crippen LogP contribution is -2.81. The third-order valence-corrected chi connectivity index (χ3v) is 9.49. The molecular formula is C23H36N4O2S. The zero-order valence-electron chi connectivity index (χ0n) is 18.1. The molecule has 0 radical (unpaired) electrons. The van der Waals surface area contributed by atoms with Gasteiger partial charge in [0.1, 0.15) is 0 Å². The molecule has 7 heterocycles. The Labute approximate surface area is 184 Å². The number of thiophene rings is 1. The molecule has 2 unspecified atom stereocenters. The van der Waals surface area contributed by atoms with Crippen LogP contribution in [0.25, 0.3) is 0 Å². The molecule has 1 N–H and O–H groups in total. The fraction of sp³-hybridized carbons (Fsp3) is 0.826. The van der Waals surface area contributed by atoms with Crippen LogP contribution in [-0.2, 0) is 15.0 Å². The number of likely N-dealkylation sites (tertiary alicyclic amines) is 1. The molecule has 0 saturated carbocycles. The number of rotatable bonds is 4. The van der Waals surface area contributed by atoms with Crippen LogP contribution in [0.3, 0.4) is 0 Å². The lowest BCUT2D eigenvalue weighted by atomic mass is 9.55. The second kappa shape index (κ2) is 8.10. The SMILES string of the molecule is c1csc(C2(N3CCCCC3)C(N3CCNCC3)N3CCC2(C2OCCO2)CC3)c1. The van der Waals surface area contributed by atoms with Gasteiger partial charge in [0.15, 0.2) is 6.29 Å². The molecule has 0 aromatic carbocycles. The zero-order chi connectivity index (χ0) is 20.0.